The van der Waals surface area contributed by atoms with Crippen molar-refractivity contribution in [3.8, 4) is 5.75 Å². The monoisotopic (exact) mass is 434 g/mol. The first-order chi connectivity index (χ1) is 9.79. The summed E-state index contributed by atoms with van der Waals surface area (Å²) in [4.78, 5) is 16.5. The van der Waals surface area contributed by atoms with Crippen LogP contribution in [0.2, 0.25) is 0 Å². The molecule has 1 N–H and O–H groups in total. The minimum Gasteiger partial charge on any atom is -0.506 e. The van der Waals surface area contributed by atoms with Gasteiger partial charge in [-0.15, -0.1) is 0 Å². The van der Waals surface area contributed by atoms with Gasteiger partial charge in [0, 0.05) is 35.1 Å². The van der Waals surface area contributed by atoms with Crippen molar-refractivity contribution >= 4 is 78.6 Å². The molecular formula is C16H15Br2NNaO2. The van der Waals surface area contributed by atoms with E-state index in [-0.39, 0.29) is 47.0 Å². The summed E-state index contributed by atoms with van der Waals surface area (Å²) in [7, 11) is 0. The van der Waals surface area contributed by atoms with E-state index in [9.17, 15) is 9.90 Å². The van der Waals surface area contributed by atoms with Gasteiger partial charge in [-0.3, -0.25) is 4.79 Å². The minimum atomic E-state index is 0. The number of phenols is 1. The molecule has 0 aliphatic heterocycles. The van der Waals surface area contributed by atoms with Gasteiger partial charge < -0.3 is 5.11 Å². The Labute approximate surface area is 169 Å². The van der Waals surface area contributed by atoms with E-state index in [2.05, 4.69) is 36.9 Å². The van der Waals surface area contributed by atoms with Gasteiger partial charge in [-0.2, -0.15) is 0 Å². The van der Waals surface area contributed by atoms with Gasteiger partial charge in [0.25, 0.3) is 0 Å². The number of rotatable bonds is 2. The fourth-order valence-corrected chi connectivity index (χ4v) is 3.18. The smallest absolute Gasteiger partial charge is 0.182 e. The Morgan fingerprint density at radius 2 is 1.68 bits per heavy atom. The molecule has 2 rings (SSSR count). The fraction of sp³-hybridized carbons (Fsp3) is 0.250. The van der Waals surface area contributed by atoms with Crippen molar-refractivity contribution in [1.29, 1.82) is 0 Å². The van der Waals surface area contributed by atoms with E-state index in [1.807, 2.05) is 26.8 Å². The molecule has 0 unspecified atom stereocenters. The molecule has 1 aliphatic carbocycles. The van der Waals surface area contributed by atoms with Crippen LogP contribution in [0, 0.1) is 5.92 Å². The van der Waals surface area contributed by atoms with Gasteiger partial charge in [0.15, 0.2) is 5.78 Å². The molecule has 0 heterocycles. The molecule has 0 atom stereocenters. The number of allylic oxidation sites excluding steroid dienone is 4. The molecule has 0 amide bonds. The molecule has 0 saturated heterocycles. The Hall–Kier alpha value is -0.200. The average Bonchev–Trinajstić information content (AvgIpc) is 2.38. The van der Waals surface area contributed by atoms with Crippen molar-refractivity contribution in [3.05, 3.63) is 44.4 Å². The maximum Gasteiger partial charge on any atom is 0.182 e. The number of ketones is 1. The maximum absolute atomic E-state index is 11.9. The molecule has 0 saturated carbocycles. The third-order valence-corrected chi connectivity index (χ3v) is 4.41. The number of aliphatic imine (C=N–C) groups is 1. The molecule has 111 valence electrons. The second-order valence-electron chi connectivity index (χ2n) is 5.20. The minimum absolute atomic E-state index is 0. The SMILES string of the molecule is CC1=CC(=O)C(C(C)C)=CC1=Nc1cc(Br)c(O)c(Br)c1.[Na]. The van der Waals surface area contributed by atoms with Crippen LogP contribution in [-0.2, 0) is 4.79 Å². The summed E-state index contributed by atoms with van der Waals surface area (Å²) in [6.45, 7) is 5.85. The Morgan fingerprint density at radius 1 is 1.14 bits per heavy atom. The number of halogens is 2. The van der Waals surface area contributed by atoms with Crippen LogP contribution >= 0.6 is 31.9 Å². The van der Waals surface area contributed by atoms with E-state index < -0.39 is 0 Å². The van der Waals surface area contributed by atoms with Gasteiger partial charge in [0.2, 0.25) is 0 Å². The summed E-state index contributed by atoms with van der Waals surface area (Å²) >= 11 is 6.58. The molecule has 1 aliphatic rings. The summed E-state index contributed by atoms with van der Waals surface area (Å²) < 4.78 is 1.13. The predicted molar refractivity (Wildman–Crippen MR) is 98.0 cm³/mol. The molecule has 3 nitrogen and oxygen atoms in total. The second kappa shape index (κ2) is 8.06. The molecule has 1 aromatic carbocycles. The van der Waals surface area contributed by atoms with E-state index >= 15 is 0 Å². The van der Waals surface area contributed by atoms with Crippen LogP contribution in [0.4, 0.5) is 5.69 Å². The quantitative estimate of drug-likeness (QED) is 0.539. The summed E-state index contributed by atoms with van der Waals surface area (Å²) in [6, 6.07) is 3.47. The van der Waals surface area contributed by atoms with E-state index in [1.54, 1.807) is 18.2 Å². The molecule has 22 heavy (non-hydrogen) atoms. The van der Waals surface area contributed by atoms with Crippen molar-refractivity contribution in [2.24, 2.45) is 10.9 Å². The number of hydrogen-bond donors (Lipinski definition) is 1. The normalized spacial score (nSPS) is 16.5. The zero-order valence-corrected chi connectivity index (χ0v) is 18.1. The topological polar surface area (TPSA) is 49.7 Å². The number of aromatic hydroxyl groups is 1. The summed E-state index contributed by atoms with van der Waals surface area (Å²) in [6.07, 6.45) is 3.47. The van der Waals surface area contributed by atoms with Gasteiger partial charge in [0.1, 0.15) is 5.75 Å². The second-order valence-corrected chi connectivity index (χ2v) is 6.91. The maximum atomic E-state index is 11.9. The van der Waals surface area contributed by atoms with E-state index in [0.29, 0.717) is 14.6 Å². The molecule has 1 aromatic rings. The number of benzene rings is 1. The molecular weight excluding hydrogens is 421 g/mol. The number of carbonyl (C=O) groups is 1. The van der Waals surface area contributed by atoms with E-state index in [1.165, 1.54) is 0 Å². The molecule has 0 aromatic heterocycles. The Bertz CT molecular complexity index is 683. The van der Waals surface area contributed by atoms with Gasteiger partial charge in [-0.1, -0.05) is 13.8 Å². The van der Waals surface area contributed by atoms with Crippen LogP contribution in [0.15, 0.2) is 49.4 Å². The summed E-state index contributed by atoms with van der Waals surface area (Å²) in [5, 5.41) is 9.73. The molecule has 6 heteroatoms. The van der Waals surface area contributed by atoms with Crippen LogP contribution in [0.25, 0.3) is 0 Å². The molecule has 1 radical (unpaired) electrons. The number of hydrogen-bond acceptors (Lipinski definition) is 3. The fourth-order valence-electron chi connectivity index (χ4n) is 2.01. The van der Waals surface area contributed by atoms with Crippen LogP contribution in [-0.4, -0.2) is 46.2 Å². The van der Waals surface area contributed by atoms with Crippen molar-refractivity contribution in [3.63, 3.8) is 0 Å². The first-order valence-corrected chi connectivity index (χ1v) is 8.09. The predicted octanol–water partition coefficient (Wildman–Crippen LogP) is 4.72. The Balaban J connectivity index is 0.00000242. The van der Waals surface area contributed by atoms with Gasteiger partial charge in [0.05, 0.1) is 20.3 Å². The number of phenolic OH excluding ortho intramolecular Hbond substituents is 1. The van der Waals surface area contributed by atoms with Crippen molar-refractivity contribution < 1.29 is 9.90 Å². The van der Waals surface area contributed by atoms with Gasteiger partial charge in [-0.25, -0.2) is 4.99 Å². The van der Waals surface area contributed by atoms with E-state index in [0.717, 1.165) is 16.9 Å². The van der Waals surface area contributed by atoms with Crippen molar-refractivity contribution in [2.75, 3.05) is 0 Å². The molecule has 0 spiro atoms. The van der Waals surface area contributed by atoms with Crippen LogP contribution < -0.4 is 0 Å². The Morgan fingerprint density at radius 3 is 2.18 bits per heavy atom. The van der Waals surface area contributed by atoms with Crippen LogP contribution in [0.1, 0.15) is 20.8 Å². The van der Waals surface area contributed by atoms with Crippen molar-refractivity contribution in [2.45, 2.75) is 20.8 Å². The van der Waals surface area contributed by atoms with Crippen LogP contribution in [0.3, 0.4) is 0 Å². The summed E-state index contributed by atoms with van der Waals surface area (Å²) in [5.41, 5.74) is 3.06. The Kier molecular flexibility index (Phi) is 7.27. The standard InChI is InChI=1S/C16H15Br2NO2.Na/c1-8(2)11-7-14(9(3)4-15(11)20)19-10-5-12(17)16(21)13(18)6-10;/h4-8,21H,1-3H3;. The molecule has 0 bridgehead atoms. The van der Waals surface area contributed by atoms with Gasteiger partial charge in [-0.05, 0) is 74.6 Å². The zero-order chi connectivity index (χ0) is 15.7. The largest absolute Gasteiger partial charge is 0.506 e. The van der Waals surface area contributed by atoms with E-state index in [4.69, 9.17) is 0 Å². The number of nitrogens with zero attached hydrogens (tertiary/aromatic N) is 1. The third-order valence-electron chi connectivity index (χ3n) is 3.20. The average molecular weight is 436 g/mol. The zero-order valence-electron chi connectivity index (χ0n) is 12.9. The first kappa shape index (κ1) is 19.8. The third kappa shape index (κ3) is 4.42. The van der Waals surface area contributed by atoms with Crippen molar-refractivity contribution in [1.82, 2.24) is 0 Å². The number of carbonyl (C=O) groups excluding carboxylic acids is 1. The van der Waals surface area contributed by atoms with Crippen LogP contribution in [0.5, 0.6) is 5.75 Å². The first-order valence-electron chi connectivity index (χ1n) is 6.51. The summed E-state index contributed by atoms with van der Waals surface area (Å²) in [5.74, 6) is 0.350. The van der Waals surface area contributed by atoms with Gasteiger partial charge >= 0.3 is 0 Å². The molecule has 0 fully saturated rings.